The Morgan fingerprint density at radius 2 is 2.09 bits per heavy atom. The van der Waals surface area contributed by atoms with E-state index >= 15 is 0 Å². The Bertz CT molecular complexity index is 190. The molecule has 0 heterocycles. The van der Waals surface area contributed by atoms with E-state index in [1.807, 2.05) is 0 Å². The summed E-state index contributed by atoms with van der Waals surface area (Å²) in [6.07, 6.45) is 3.09. The third-order valence-electron chi connectivity index (χ3n) is 4.16. The van der Waals surface area contributed by atoms with Crippen molar-refractivity contribution >= 4 is 0 Å². The van der Waals surface area contributed by atoms with Crippen molar-refractivity contribution in [1.82, 2.24) is 0 Å². The topological polar surface area (TPSA) is 46.2 Å². The molecule has 2 rings (SSSR count). The summed E-state index contributed by atoms with van der Waals surface area (Å²) in [5.74, 6) is 0.655. The van der Waals surface area contributed by atoms with Gasteiger partial charge in [0.15, 0.2) is 0 Å². The molecule has 2 saturated carbocycles. The van der Waals surface area contributed by atoms with Crippen LogP contribution in [0.15, 0.2) is 0 Å². The molecular weight excluding hydrogens is 138 g/mol. The molecule has 2 bridgehead atoms. The van der Waals surface area contributed by atoms with Crippen LogP contribution in [-0.4, -0.2) is 16.7 Å². The second-order valence-corrected chi connectivity index (χ2v) is 4.72. The zero-order valence-electron chi connectivity index (χ0n) is 7.30. The smallest absolute Gasteiger partial charge is 0.0851 e. The first-order valence-electron chi connectivity index (χ1n) is 4.46. The Balaban J connectivity index is 2.40. The molecule has 2 heteroatoms. The number of fused-ring (bicyclic) bond motifs is 2. The van der Waals surface area contributed by atoms with E-state index < -0.39 is 5.60 Å². The van der Waals surface area contributed by atoms with Crippen molar-refractivity contribution in [3.63, 3.8) is 0 Å². The minimum Gasteiger partial charge on any atom is -0.388 e. The van der Waals surface area contributed by atoms with Crippen LogP contribution >= 0.6 is 0 Å². The Hall–Kier alpha value is -0.0800. The Kier molecular flexibility index (Phi) is 1.24. The second kappa shape index (κ2) is 1.80. The Labute approximate surface area is 67.8 Å². The molecule has 0 radical (unpaired) electrons. The molecule has 3 N–H and O–H groups in total. The van der Waals surface area contributed by atoms with Gasteiger partial charge in [0.05, 0.1) is 5.60 Å². The van der Waals surface area contributed by atoms with Gasteiger partial charge in [0.25, 0.3) is 0 Å². The molecule has 0 aromatic heterocycles. The zero-order chi connectivity index (χ0) is 8.28. The molecule has 0 saturated heterocycles. The minimum atomic E-state index is -0.558. The first kappa shape index (κ1) is 7.56. The highest BCUT2D eigenvalue weighted by atomic mass is 16.3. The molecule has 2 fully saturated rings. The average Bonchev–Trinajstić information content (AvgIpc) is 2.20. The summed E-state index contributed by atoms with van der Waals surface area (Å²) < 4.78 is 0. The lowest BCUT2D eigenvalue weighted by Crippen LogP contribution is -2.49. The lowest BCUT2D eigenvalue weighted by atomic mass is 9.78. The number of rotatable bonds is 0. The van der Waals surface area contributed by atoms with Crippen molar-refractivity contribution < 1.29 is 5.11 Å². The van der Waals surface area contributed by atoms with Crippen LogP contribution in [0.3, 0.4) is 0 Å². The van der Waals surface area contributed by atoms with Gasteiger partial charge in [-0.25, -0.2) is 0 Å². The van der Waals surface area contributed by atoms with E-state index in [1.54, 1.807) is 0 Å². The summed E-state index contributed by atoms with van der Waals surface area (Å²) >= 11 is 0. The van der Waals surface area contributed by atoms with Crippen LogP contribution in [0.4, 0.5) is 0 Å². The van der Waals surface area contributed by atoms with Crippen LogP contribution in [0.1, 0.15) is 33.1 Å². The van der Waals surface area contributed by atoms with Crippen molar-refractivity contribution in [2.24, 2.45) is 17.1 Å². The van der Waals surface area contributed by atoms with Crippen molar-refractivity contribution in [2.45, 2.75) is 44.8 Å². The van der Waals surface area contributed by atoms with E-state index in [2.05, 4.69) is 13.8 Å². The molecule has 3 atom stereocenters. The maximum Gasteiger partial charge on any atom is 0.0851 e. The fourth-order valence-electron chi connectivity index (χ4n) is 3.01. The van der Waals surface area contributed by atoms with Crippen LogP contribution in [0.25, 0.3) is 0 Å². The fraction of sp³-hybridized carbons (Fsp3) is 1.00. The summed E-state index contributed by atoms with van der Waals surface area (Å²) in [7, 11) is 0. The minimum absolute atomic E-state index is 0.0243. The number of hydrogen-bond donors (Lipinski definition) is 2. The Morgan fingerprint density at radius 1 is 1.45 bits per heavy atom. The maximum atomic E-state index is 10.2. The molecule has 11 heavy (non-hydrogen) atoms. The summed E-state index contributed by atoms with van der Waals surface area (Å²) in [5.41, 5.74) is 5.38. The van der Waals surface area contributed by atoms with Gasteiger partial charge in [-0.1, -0.05) is 13.8 Å². The van der Waals surface area contributed by atoms with Gasteiger partial charge in [0.2, 0.25) is 0 Å². The normalized spacial score (nSPS) is 53.5. The standard InChI is InChI=1S/C9H17NO/c1-8(2)6-3-4-9(8,11)7(10)5-6/h6-7,11H,3-5,10H2,1-2H3/t6-,7-,9+/m1/s1. The first-order chi connectivity index (χ1) is 4.98. The SMILES string of the molecule is CC1(C)[C@@H]2CC[C@]1(O)[C@H](N)C2. The van der Waals surface area contributed by atoms with E-state index in [0.29, 0.717) is 5.92 Å². The molecular formula is C9H17NO. The van der Waals surface area contributed by atoms with Crippen LogP contribution in [0.5, 0.6) is 0 Å². The van der Waals surface area contributed by atoms with Gasteiger partial charge in [-0.05, 0) is 30.6 Å². The van der Waals surface area contributed by atoms with E-state index in [1.165, 1.54) is 0 Å². The van der Waals surface area contributed by atoms with E-state index in [-0.39, 0.29) is 11.5 Å². The predicted octanol–water partition coefficient (Wildman–Crippen LogP) is 0.885. The molecule has 0 aromatic rings. The van der Waals surface area contributed by atoms with Crippen molar-refractivity contribution in [1.29, 1.82) is 0 Å². The van der Waals surface area contributed by atoms with Crippen LogP contribution in [-0.2, 0) is 0 Å². The van der Waals surface area contributed by atoms with Gasteiger partial charge in [0.1, 0.15) is 0 Å². The summed E-state index contributed by atoms with van der Waals surface area (Å²) in [6, 6.07) is 0.0243. The Morgan fingerprint density at radius 3 is 2.27 bits per heavy atom. The highest BCUT2D eigenvalue weighted by Gasteiger charge is 2.62. The van der Waals surface area contributed by atoms with Crippen molar-refractivity contribution in [2.75, 3.05) is 0 Å². The first-order valence-corrected chi connectivity index (χ1v) is 4.46. The third-order valence-corrected chi connectivity index (χ3v) is 4.16. The molecule has 0 aliphatic heterocycles. The van der Waals surface area contributed by atoms with Gasteiger partial charge in [0, 0.05) is 6.04 Å². The lowest BCUT2D eigenvalue weighted by molar-refractivity contribution is -0.0404. The van der Waals surface area contributed by atoms with Crippen molar-refractivity contribution in [3.8, 4) is 0 Å². The molecule has 0 aromatic carbocycles. The lowest BCUT2D eigenvalue weighted by Gasteiger charge is -2.35. The van der Waals surface area contributed by atoms with Crippen molar-refractivity contribution in [3.05, 3.63) is 0 Å². The van der Waals surface area contributed by atoms with Crippen LogP contribution < -0.4 is 5.73 Å². The summed E-state index contributed by atoms with van der Waals surface area (Å²) in [5, 5.41) is 10.2. The second-order valence-electron chi connectivity index (χ2n) is 4.72. The quantitative estimate of drug-likeness (QED) is 0.545. The van der Waals surface area contributed by atoms with Gasteiger partial charge in [-0.15, -0.1) is 0 Å². The monoisotopic (exact) mass is 155 g/mol. The fourth-order valence-corrected chi connectivity index (χ4v) is 3.01. The van der Waals surface area contributed by atoms with E-state index in [0.717, 1.165) is 19.3 Å². The van der Waals surface area contributed by atoms with Crippen LogP contribution in [0.2, 0.25) is 0 Å². The highest BCUT2D eigenvalue weighted by molar-refractivity contribution is 5.15. The van der Waals surface area contributed by atoms with E-state index in [4.69, 9.17) is 5.73 Å². The van der Waals surface area contributed by atoms with Gasteiger partial charge in [-0.2, -0.15) is 0 Å². The highest BCUT2D eigenvalue weighted by Crippen LogP contribution is 2.59. The number of hydrogen-bond acceptors (Lipinski definition) is 2. The molecule has 2 nitrogen and oxygen atoms in total. The average molecular weight is 155 g/mol. The summed E-state index contributed by atoms with van der Waals surface area (Å²) in [6.45, 7) is 4.30. The predicted molar refractivity (Wildman–Crippen MR) is 44.0 cm³/mol. The molecule has 0 unspecified atom stereocenters. The van der Waals surface area contributed by atoms with Crippen LogP contribution in [0, 0.1) is 11.3 Å². The third kappa shape index (κ3) is 0.651. The molecule has 2 aliphatic carbocycles. The molecule has 2 aliphatic rings. The number of nitrogens with two attached hydrogens (primary N) is 1. The largest absolute Gasteiger partial charge is 0.388 e. The zero-order valence-corrected chi connectivity index (χ0v) is 7.30. The van der Waals surface area contributed by atoms with Gasteiger partial charge < -0.3 is 10.8 Å². The van der Waals surface area contributed by atoms with Gasteiger partial charge in [-0.3, -0.25) is 0 Å². The molecule has 64 valence electrons. The summed E-state index contributed by atoms with van der Waals surface area (Å²) in [4.78, 5) is 0. The number of aliphatic hydroxyl groups is 1. The maximum absolute atomic E-state index is 10.2. The molecule has 0 spiro atoms. The van der Waals surface area contributed by atoms with Gasteiger partial charge >= 0.3 is 0 Å². The van der Waals surface area contributed by atoms with E-state index in [9.17, 15) is 5.11 Å². The molecule has 0 amide bonds.